The summed E-state index contributed by atoms with van der Waals surface area (Å²) in [6, 6.07) is 8.61. The van der Waals surface area contributed by atoms with Gasteiger partial charge in [0.05, 0.1) is 26.4 Å². The molecular formula is C17H29NO3. The van der Waals surface area contributed by atoms with Crippen molar-refractivity contribution in [2.24, 2.45) is 0 Å². The molecule has 0 amide bonds. The van der Waals surface area contributed by atoms with Crippen molar-refractivity contribution < 1.29 is 14.6 Å². The number of aliphatic hydroxyl groups is 1. The smallest absolute Gasteiger partial charge is 0.119 e. The zero-order valence-corrected chi connectivity index (χ0v) is 13.9. The second kappa shape index (κ2) is 9.03. The van der Waals surface area contributed by atoms with Crippen molar-refractivity contribution in [2.75, 3.05) is 20.3 Å². The van der Waals surface area contributed by atoms with Crippen LogP contribution in [0.25, 0.3) is 0 Å². The normalized spacial score (nSPS) is 13.2. The molecule has 0 aliphatic rings. The van der Waals surface area contributed by atoms with Crippen molar-refractivity contribution in [1.82, 2.24) is 4.90 Å². The van der Waals surface area contributed by atoms with E-state index < -0.39 is 6.10 Å². The molecule has 0 fully saturated rings. The van der Waals surface area contributed by atoms with Crippen LogP contribution in [0, 0.1) is 0 Å². The van der Waals surface area contributed by atoms with Crippen LogP contribution >= 0.6 is 0 Å². The third-order valence-corrected chi connectivity index (χ3v) is 3.46. The van der Waals surface area contributed by atoms with Crippen LogP contribution in [0.15, 0.2) is 24.3 Å². The highest BCUT2D eigenvalue weighted by molar-refractivity contribution is 5.27. The summed E-state index contributed by atoms with van der Waals surface area (Å²) in [6.45, 7) is 10.0. The molecule has 0 unspecified atom stereocenters. The van der Waals surface area contributed by atoms with Crippen molar-refractivity contribution >= 4 is 0 Å². The molecule has 4 heteroatoms. The lowest BCUT2D eigenvalue weighted by Gasteiger charge is -2.32. The van der Waals surface area contributed by atoms with Crippen LogP contribution in [0.3, 0.4) is 0 Å². The summed E-state index contributed by atoms with van der Waals surface area (Å²) in [5.41, 5.74) is 1.05. The summed E-state index contributed by atoms with van der Waals surface area (Å²) >= 11 is 0. The molecule has 0 aliphatic heterocycles. The Labute approximate surface area is 128 Å². The average Bonchev–Trinajstić information content (AvgIpc) is 2.44. The monoisotopic (exact) mass is 295 g/mol. The van der Waals surface area contributed by atoms with Gasteiger partial charge in [-0.2, -0.15) is 0 Å². The molecule has 0 spiro atoms. The number of aliphatic hydroxyl groups excluding tert-OH is 1. The van der Waals surface area contributed by atoms with Crippen molar-refractivity contribution in [3.63, 3.8) is 0 Å². The molecule has 4 nitrogen and oxygen atoms in total. The number of methoxy groups -OCH3 is 1. The molecule has 0 heterocycles. The van der Waals surface area contributed by atoms with Crippen molar-refractivity contribution in [3.8, 4) is 5.75 Å². The third-order valence-electron chi connectivity index (χ3n) is 3.46. The summed E-state index contributed by atoms with van der Waals surface area (Å²) < 4.78 is 10.8. The third kappa shape index (κ3) is 6.46. The number of nitrogens with zero attached hydrogens (tertiary/aromatic N) is 1. The van der Waals surface area contributed by atoms with Crippen LogP contribution in [0.5, 0.6) is 5.75 Å². The number of hydrogen-bond donors (Lipinski definition) is 1. The van der Waals surface area contributed by atoms with Crippen LogP contribution < -0.4 is 4.74 Å². The van der Waals surface area contributed by atoms with E-state index in [1.165, 1.54) is 0 Å². The van der Waals surface area contributed by atoms with Gasteiger partial charge >= 0.3 is 0 Å². The predicted octanol–water partition coefficient (Wildman–Crippen LogP) is 2.69. The highest BCUT2D eigenvalue weighted by atomic mass is 16.5. The molecule has 1 N–H and O–H groups in total. The number of rotatable bonds is 9. The van der Waals surface area contributed by atoms with Crippen LogP contribution in [0.2, 0.25) is 0 Å². The van der Waals surface area contributed by atoms with E-state index in [1.54, 1.807) is 7.11 Å². The predicted molar refractivity (Wildman–Crippen MR) is 85.6 cm³/mol. The number of ether oxygens (including phenoxy) is 2. The zero-order chi connectivity index (χ0) is 15.8. The van der Waals surface area contributed by atoms with Crippen molar-refractivity contribution in [3.05, 3.63) is 29.8 Å². The minimum absolute atomic E-state index is 0.340. The fraction of sp³-hybridized carbons (Fsp3) is 0.647. The second-order valence-electron chi connectivity index (χ2n) is 5.90. The van der Waals surface area contributed by atoms with Gasteiger partial charge in [-0.05, 0) is 45.4 Å². The van der Waals surface area contributed by atoms with E-state index in [1.807, 2.05) is 24.3 Å². The van der Waals surface area contributed by atoms with E-state index in [0.717, 1.165) is 11.3 Å². The largest absolute Gasteiger partial charge is 0.497 e. The van der Waals surface area contributed by atoms with E-state index in [0.29, 0.717) is 31.8 Å². The Kier molecular flexibility index (Phi) is 7.72. The minimum atomic E-state index is -0.472. The maximum atomic E-state index is 10.1. The maximum Gasteiger partial charge on any atom is 0.119 e. The first-order valence-electron chi connectivity index (χ1n) is 7.58. The van der Waals surface area contributed by atoms with E-state index in [2.05, 4.69) is 32.6 Å². The van der Waals surface area contributed by atoms with Gasteiger partial charge in [0.1, 0.15) is 5.75 Å². The van der Waals surface area contributed by atoms with Gasteiger partial charge in [-0.25, -0.2) is 0 Å². The zero-order valence-electron chi connectivity index (χ0n) is 13.9. The molecule has 1 atom stereocenters. The number of hydrogen-bond acceptors (Lipinski definition) is 4. The van der Waals surface area contributed by atoms with Gasteiger partial charge in [-0.15, -0.1) is 0 Å². The van der Waals surface area contributed by atoms with E-state index in [-0.39, 0.29) is 0 Å². The van der Waals surface area contributed by atoms with Gasteiger partial charge < -0.3 is 14.6 Å². The lowest BCUT2D eigenvalue weighted by molar-refractivity contribution is -0.00160. The first-order chi connectivity index (χ1) is 9.93. The Morgan fingerprint density at radius 1 is 1.14 bits per heavy atom. The standard InChI is InChI=1S/C17H29NO3/c1-13(2)18(14(3)4)10-16(19)12-21-11-15-7-6-8-17(9-15)20-5/h6-9,13-14,16,19H,10-12H2,1-5H3/t16-/m1/s1. The second-order valence-corrected chi connectivity index (χ2v) is 5.90. The van der Waals surface area contributed by atoms with Gasteiger partial charge in [0.25, 0.3) is 0 Å². The van der Waals surface area contributed by atoms with E-state index in [4.69, 9.17) is 9.47 Å². The van der Waals surface area contributed by atoms with Gasteiger partial charge in [0.15, 0.2) is 0 Å². The molecule has 1 rings (SSSR count). The van der Waals surface area contributed by atoms with Crippen LogP contribution in [0.1, 0.15) is 33.3 Å². The molecule has 0 radical (unpaired) electrons. The Morgan fingerprint density at radius 3 is 2.38 bits per heavy atom. The van der Waals surface area contributed by atoms with Gasteiger partial charge in [-0.3, -0.25) is 4.90 Å². The molecule has 0 saturated carbocycles. The summed E-state index contributed by atoms with van der Waals surface area (Å²) in [5, 5.41) is 10.1. The summed E-state index contributed by atoms with van der Waals surface area (Å²) in [5.74, 6) is 0.822. The van der Waals surface area contributed by atoms with E-state index in [9.17, 15) is 5.11 Å². The van der Waals surface area contributed by atoms with Crippen LogP contribution in [-0.4, -0.2) is 48.5 Å². The Balaban J connectivity index is 2.37. The summed E-state index contributed by atoms with van der Waals surface area (Å²) in [7, 11) is 1.65. The Bertz CT molecular complexity index is 399. The maximum absolute atomic E-state index is 10.1. The van der Waals surface area contributed by atoms with Crippen molar-refractivity contribution in [2.45, 2.75) is 52.5 Å². The molecule has 0 aromatic heterocycles. The highest BCUT2D eigenvalue weighted by Gasteiger charge is 2.17. The fourth-order valence-electron chi connectivity index (χ4n) is 2.39. The van der Waals surface area contributed by atoms with E-state index >= 15 is 0 Å². The Hall–Kier alpha value is -1.10. The molecule has 1 aromatic carbocycles. The molecule has 21 heavy (non-hydrogen) atoms. The van der Waals surface area contributed by atoms with Crippen molar-refractivity contribution in [1.29, 1.82) is 0 Å². The molecule has 1 aromatic rings. The molecule has 0 aliphatic carbocycles. The van der Waals surface area contributed by atoms with Crippen LogP contribution in [-0.2, 0) is 11.3 Å². The van der Waals surface area contributed by atoms with Gasteiger partial charge in [0.2, 0.25) is 0 Å². The summed E-state index contributed by atoms with van der Waals surface area (Å²) in [6.07, 6.45) is -0.472. The molecule has 120 valence electrons. The molecule has 0 saturated heterocycles. The fourth-order valence-corrected chi connectivity index (χ4v) is 2.39. The SMILES string of the molecule is COc1cccc(COC[C@H](O)CN(C(C)C)C(C)C)c1. The molecule has 0 bridgehead atoms. The topological polar surface area (TPSA) is 41.9 Å². The molecular weight excluding hydrogens is 266 g/mol. The van der Waals surface area contributed by atoms with Gasteiger partial charge in [0, 0.05) is 18.6 Å². The quantitative estimate of drug-likeness (QED) is 0.760. The lowest BCUT2D eigenvalue weighted by atomic mass is 10.2. The summed E-state index contributed by atoms with van der Waals surface area (Å²) in [4.78, 5) is 2.26. The Morgan fingerprint density at radius 2 is 1.81 bits per heavy atom. The lowest BCUT2D eigenvalue weighted by Crippen LogP contribution is -2.43. The van der Waals surface area contributed by atoms with Gasteiger partial charge in [-0.1, -0.05) is 12.1 Å². The average molecular weight is 295 g/mol. The first-order valence-corrected chi connectivity index (χ1v) is 7.58. The minimum Gasteiger partial charge on any atom is -0.497 e. The highest BCUT2D eigenvalue weighted by Crippen LogP contribution is 2.13. The number of benzene rings is 1. The first kappa shape index (κ1) is 18.0. The van der Waals surface area contributed by atoms with Crippen LogP contribution in [0.4, 0.5) is 0 Å².